The van der Waals surface area contributed by atoms with Crippen LogP contribution < -0.4 is 9.47 Å². The summed E-state index contributed by atoms with van der Waals surface area (Å²) >= 11 is 11.8. The van der Waals surface area contributed by atoms with Crippen molar-refractivity contribution in [2.45, 2.75) is 6.10 Å². The third-order valence-electron chi connectivity index (χ3n) is 3.19. The van der Waals surface area contributed by atoms with Gasteiger partial charge >= 0.3 is 0 Å². The van der Waals surface area contributed by atoms with Crippen molar-refractivity contribution < 1.29 is 19.0 Å². The average Bonchev–Trinajstić information content (AvgIpc) is 2.46. The van der Waals surface area contributed by atoms with Gasteiger partial charge in [0.2, 0.25) is 0 Å². The minimum Gasteiger partial charge on any atom is -0.486 e. The van der Waals surface area contributed by atoms with E-state index in [1.54, 1.807) is 6.07 Å². The molecule has 0 spiro atoms. The highest BCUT2D eigenvalue weighted by molar-refractivity contribution is 6.32. The molecular formula is C15H11Cl2FO3. The van der Waals surface area contributed by atoms with Crippen molar-refractivity contribution in [3.8, 4) is 11.5 Å². The first-order valence-corrected chi connectivity index (χ1v) is 7.04. The van der Waals surface area contributed by atoms with Gasteiger partial charge < -0.3 is 14.6 Å². The molecule has 6 heteroatoms. The number of rotatable bonds is 2. The Labute approximate surface area is 130 Å². The number of hydrogen-bond donors (Lipinski definition) is 1. The number of fused-ring (bicyclic) bond motifs is 1. The number of hydrogen-bond acceptors (Lipinski definition) is 3. The van der Waals surface area contributed by atoms with Crippen molar-refractivity contribution in [2.75, 3.05) is 13.2 Å². The monoisotopic (exact) mass is 328 g/mol. The summed E-state index contributed by atoms with van der Waals surface area (Å²) in [4.78, 5) is 0. The summed E-state index contributed by atoms with van der Waals surface area (Å²) in [5, 5.41) is 10.9. The van der Waals surface area contributed by atoms with E-state index >= 15 is 0 Å². The average molecular weight is 329 g/mol. The van der Waals surface area contributed by atoms with Gasteiger partial charge in [0.25, 0.3) is 0 Å². The fourth-order valence-corrected chi connectivity index (χ4v) is 2.62. The van der Waals surface area contributed by atoms with E-state index in [1.807, 2.05) is 0 Å². The van der Waals surface area contributed by atoms with Gasteiger partial charge in [0.05, 0.1) is 5.02 Å². The molecule has 21 heavy (non-hydrogen) atoms. The van der Waals surface area contributed by atoms with E-state index in [0.29, 0.717) is 35.3 Å². The van der Waals surface area contributed by atoms with Gasteiger partial charge in [-0.2, -0.15) is 0 Å². The number of aliphatic hydroxyl groups excluding tert-OH is 1. The van der Waals surface area contributed by atoms with E-state index in [-0.39, 0.29) is 10.6 Å². The van der Waals surface area contributed by atoms with E-state index in [0.717, 1.165) is 6.07 Å². The Hall–Kier alpha value is -1.49. The second kappa shape index (κ2) is 5.72. The van der Waals surface area contributed by atoms with Crippen LogP contribution in [0.4, 0.5) is 4.39 Å². The lowest BCUT2D eigenvalue weighted by atomic mass is 10.0. The van der Waals surface area contributed by atoms with Crippen LogP contribution in [0.15, 0.2) is 30.3 Å². The largest absolute Gasteiger partial charge is 0.486 e. The van der Waals surface area contributed by atoms with E-state index in [9.17, 15) is 9.50 Å². The van der Waals surface area contributed by atoms with Gasteiger partial charge in [-0.25, -0.2) is 4.39 Å². The van der Waals surface area contributed by atoms with Crippen LogP contribution in [-0.2, 0) is 0 Å². The van der Waals surface area contributed by atoms with Crippen LogP contribution in [0.5, 0.6) is 11.5 Å². The minimum atomic E-state index is -1.17. The predicted molar refractivity (Wildman–Crippen MR) is 77.9 cm³/mol. The zero-order valence-corrected chi connectivity index (χ0v) is 12.3. The van der Waals surface area contributed by atoms with Gasteiger partial charge in [-0.05, 0) is 29.8 Å². The van der Waals surface area contributed by atoms with Crippen molar-refractivity contribution in [1.29, 1.82) is 0 Å². The summed E-state index contributed by atoms with van der Waals surface area (Å²) in [5.41, 5.74) is 0.539. The third kappa shape index (κ3) is 2.79. The van der Waals surface area contributed by atoms with Crippen LogP contribution in [0.25, 0.3) is 0 Å². The van der Waals surface area contributed by atoms with E-state index in [2.05, 4.69) is 0 Å². The molecule has 1 aliphatic heterocycles. The maximum atomic E-state index is 13.9. The summed E-state index contributed by atoms with van der Waals surface area (Å²) in [6, 6.07) is 7.24. The highest BCUT2D eigenvalue weighted by atomic mass is 35.5. The molecule has 1 N–H and O–H groups in total. The SMILES string of the molecule is OC(c1cc(Cl)c2c(c1)OCCO2)c1ccc(Cl)cc1F. The van der Waals surface area contributed by atoms with Crippen LogP contribution >= 0.6 is 23.2 Å². The molecule has 0 aromatic heterocycles. The summed E-state index contributed by atoms with van der Waals surface area (Å²) in [6.07, 6.45) is -1.17. The Morgan fingerprint density at radius 1 is 1.10 bits per heavy atom. The summed E-state index contributed by atoms with van der Waals surface area (Å²) < 4.78 is 24.7. The van der Waals surface area contributed by atoms with Crippen LogP contribution in [0.3, 0.4) is 0 Å². The zero-order valence-electron chi connectivity index (χ0n) is 10.8. The summed E-state index contributed by atoms with van der Waals surface area (Å²) in [6.45, 7) is 0.818. The van der Waals surface area contributed by atoms with Crippen LogP contribution in [0.1, 0.15) is 17.2 Å². The highest BCUT2D eigenvalue weighted by Gasteiger charge is 2.22. The summed E-state index contributed by atoms with van der Waals surface area (Å²) in [5.74, 6) is 0.300. The Morgan fingerprint density at radius 3 is 2.62 bits per heavy atom. The molecule has 3 nitrogen and oxygen atoms in total. The molecule has 0 amide bonds. The van der Waals surface area contributed by atoms with Crippen LogP contribution in [0, 0.1) is 5.82 Å². The van der Waals surface area contributed by atoms with Crippen molar-refractivity contribution in [3.05, 3.63) is 57.3 Å². The molecule has 1 aliphatic rings. The van der Waals surface area contributed by atoms with E-state index in [1.165, 1.54) is 18.2 Å². The van der Waals surface area contributed by atoms with Gasteiger partial charge in [0.15, 0.2) is 11.5 Å². The van der Waals surface area contributed by atoms with Crippen molar-refractivity contribution in [1.82, 2.24) is 0 Å². The van der Waals surface area contributed by atoms with Gasteiger partial charge in [0, 0.05) is 10.6 Å². The van der Waals surface area contributed by atoms with Gasteiger partial charge in [-0.15, -0.1) is 0 Å². The molecule has 3 rings (SSSR count). The summed E-state index contributed by atoms with van der Waals surface area (Å²) in [7, 11) is 0. The number of ether oxygens (including phenoxy) is 2. The zero-order chi connectivity index (χ0) is 15.0. The number of aliphatic hydroxyl groups is 1. The molecule has 0 bridgehead atoms. The molecule has 2 aromatic rings. The molecular weight excluding hydrogens is 318 g/mol. The molecule has 0 saturated heterocycles. The maximum absolute atomic E-state index is 13.9. The van der Waals surface area contributed by atoms with Gasteiger partial charge in [-0.1, -0.05) is 29.3 Å². The Morgan fingerprint density at radius 2 is 1.86 bits per heavy atom. The quantitative estimate of drug-likeness (QED) is 0.906. The first-order valence-electron chi connectivity index (χ1n) is 6.28. The third-order valence-corrected chi connectivity index (χ3v) is 3.71. The topological polar surface area (TPSA) is 38.7 Å². The number of benzene rings is 2. The normalized spacial score (nSPS) is 14.9. The van der Waals surface area contributed by atoms with Crippen LogP contribution in [-0.4, -0.2) is 18.3 Å². The molecule has 110 valence electrons. The minimum absolute atomic E-state index is 0.118. The first kappa shape index (κ1) is 14.4. The van der Waals surface area contributed by atoms with Crippen molar-refractivity contribution in [3.63, 3.8) is 0 Å². The molecule has 0 radical (unpaired) electrons. The molecule has 2 aromatic carbocycles. The number of halogens is 3. The fraction of sp³-hybridized carbons (Fsp3) is 0.200. The highest BCUT2D eigenvalue weighted by Crippen LogP contribution is 2.41. The first-order chi connectivity index (χ1) is 10.1. The van der Waals surface area contributed by atoms with E-state index in [4.69, 9.17) is 32.7 Å². The van der Waals surface area contributed by atoms with Crippen molar-refractivity contribution in [2.24, 2.45) is 0 Å². The standard InChI is InChI=1S/C15H11Cl2FO3/c16-9-1-2-10(12(18)7-9)14(19)8-5-11(17)15-13(6-8)20-3-4-21-15/h1-2,5-7,14,19H,3-4H2. The molecule has 0 saturated carbocycles. The lowest BCUT2D eigenvalue weighted by Crippen LogP contribution is -2.16. The van der Waals surface area contributed by atoms with Crippen molar-refractivity contribution >= 4 is 23.2 Å². The molecule has 0 aliphatic carbocycles. The van der Waals surface area contributed by atoms with Gasteiger partial charge in [0.1, 0.15) is 25.1 Å². The Kier molecular flexibility index (Phi) is 3.93. The Bertz CT molecular complexity index is 691. The molecule has 1 atom stereocenters. The van der Waals surface area contributed by atoms with E-state index < -0.39 is 11.9 Å². The predicted octanol–water partition coefficient (Wildman–Crippen LogP) is 3.99. The lowest BCUT2D eigenvalue weighted by molar-refractivity contribution is 0.169. The lowest BCUT2D eigenvalue weighted by Gasteiger charge is -2.21. The Balaban J connectivity index is 2.01. The van der Waals surface area contributed by atoms with Gasteiger partial charge in [-0.3, -0.25) is 0 Å². The fourth-order valence-electron chi connectivity index (χ4n) is 2.19. The second-order valence-corrected chi connectivity index (χ2v) is 5.44. The van der Waals surface area contributed by atoms with Crippen LogP contribution in [0.2, 0.25) is 10.0 Å². The molecule has 0 fully saturated rings. The second-order valence-electron chi connectivity index (χ2n) is 4.60. The molecule has 1 heterocycles. The smallest absolute Gasteiger partial charge is 0.179 e. The molecule has 1 unspecified atom stereocenters. The maximum Gasteiger partial charge on any atom is 0.179 e.